The SMILES string of the molecule is C[C@@H]1C(=O)CC(C(=O)CC(=O)C2CC(=O)N(C)C2c2cccnc2)C1c1cccnc1. The first kappa shape index (κ1) is 21.0. The minimum atomic E-state index is -0.600. The number of carbonyl (C=O) groups excluding carboxylic acids is 4. The van der Waals surface area contributed by atoms with Crippen LogP contribution in [0.1, 0.15) is 49.3 Å². The Morgan fingerprint density at radius 3 is 2.19 bits per heavy atom. The zero-order chi connectivity index (χ0) is 22.1. The fourth-order valence-electron chi connectivity index (χ4n) is 5.09. The Hall–Kier alpha value is -3.22. The summed E-state index contributed by atoms with van der Waals surface area (Å²) >= 11 is 0. The number of hydrogen-bond donors (Lipinski definition) is 0. The molecule has 0 radical (unpaired) electrons. The molecule has 0 spiro atoms. The zero-order valence-corrected chi connectivity index (χ0v) is 17.6. The number of Topliss-reactive ketones (excluding diaryl/α,β-unsaturated/α-hetero) is 3. The minimum absolute atomic E-state index is 0.0312. The van der Waals surface area contributed by atoms with Gasteiger partial charge in [0.15, 0.2) is 0 Å². The number of rotatable bonds is 6. The maximum Gasteiger partial charge on any atom is 0.223 e. The molecule has 4 rings (SSSR count). The molecule has 1 saturated carbocycles. The highest BCUT2D eigenvalue weighted by molar-refractivity contribution is 6.06. The smallest absolute Gasteiger partial charge is 0.223 e. The molecule has 1 saturated heterocycles. The van der Waals surface area contributed by atoms with Crippen molar-refractivity contribution in [2.24, 2.45) is 17.8 Å². The second-order valence-corrected chi connectivity index (χ2v) is 8.53. The van der Waals surface area contributed by atoms with Crippen LogP contribution in [0.3, 0.4) is 0 Å². The molecule has 160 valence electrons. The maximum absolute atomic E-state index is 13.2. The number of carbonyl (C=O) groups is 4. The van der Waals surface area contributed by atoms with Gasteiger partial charge in [0.25, 0.3) is 0 Å². The second-order valence-electron chi connectivity index (χ2n) is 8.53. The van der Waals surface area contributed by atoms with Crippen molar-refractivity contribution in [2.45, 2.75) is 38.1 Å². The number of hydrogen-bond acceptors (Lipinski definition) is 6. The molecule has 4 unspecified atom stereocenters. The van der Waals surface area contributed by atoms with Crippen molar-refractivity contribution in [1.29, 1.82) is 0 Å². The monoisotopic (exact) mass is 419 g/mol. The quantitative estimate of drug-likeness (QED) is 0.668. The first-order valence-electron chi connectivity index (χ1n) is 10.5. The van der Waals surface area contributed by atoms with Crippen LogP contribution in [-0.4, -0.2) is 45.2 Å². The summed E-state index contributed by atoms with van der Waals surface area (Å²) in [5, 5.41) is 0. The normalized spacial score (nSPS) is 28.2. The lowest BCUT2D eigenvalue weighted by molar-refractivity contribution is -0.133. The van der Waals surface area contributed by atoms with Crippen molar-refractivity contribution in [3.8, 4) is 0 Å². The van der Waals surface area contributed by atoms with E-state index in [0.29, 0.717) is 0 Å². The molecule has 1 amide bonds. The average molecular weight is 419 g/mol. The molecule has 2 aliphatic rings. The molecule has 1 aliphatic heterocycles. The molecule has 5 atom stereocenters. The molecular formula is C24H25N3O4. The largest absolute Gasteiger partial charge is 0.338 e. The second kappa shape index (κ2) is 8.49. The number of likely N-dealkylation sites (tertiary alicyclic amines) is 1. The van der Waals surface area contributed by atoms with Crippen LogP contribution in [-0.2, 0) is 19.2 Å². The van der Waals surface area contributed by atoms with E-state index < -0.39 is 17.9 Å². The fourth-order valence-corrected chi connectivity index (χ4v) is 5.09. The van der Waals surface area contributed by atoms with E-state index >= 15 is 0 Å². The Morgan fingerprint density at radius 2 is 1.58 bits per heavy atom. The van der Waals surface area contributed by atoms with Gasteiger partial charge in [-0.3, -0.25) is 29.1 Å². The van der Waals surface area contributed by atoms with E-state index in [1.165, 1.54) is 0 Å². The van der Waals surface area contributed by atoms with Gasteiger partial charge in [-0.05, 0) is 23.3 Å². The van der Waals surface area contributed by atoms with Gasteiger partial charge in [0.1, 0.15) is 17.3 Å². The van der Waals surface area contributed by atoms with Crippen LogP contribution >= 0.6 is 0 Å². The van der Waals surface area contributed by atoms with Gasteiger partial charge in [-0.15, -0.1) is 0 Å². The summed E-state index contributed by atoms with van der Waals surface area (Å²) in [4.78, 5) is 60.9. The summed E-state index contributed by atoms with van der Waals surface area (Å²) in [6.07, 6.45) is 6.57. The Bertz CT molecular complexity index is 926. The van der Waals surface area contributed by atoms with Gasteiger partial charge >= 0.3 is 0 Å². The van der Waals surface area contributed by atoms with Gasteiger partial charge in [0.05, 0.1) is 18.4 Å². The molecule has 31 heavy (non-hydrogen) atoms. The topological polar surface area (TPSA) is 97.3 Å². The molecule has 0 aromatic carbocycles. The lowest BCUT2D eigenvalue weighted by atomic mass is 9.80. The molecule has 3 heterocycles. The summed E-state index contributed by atoms with van der Waals surface area (Å²) in [7, 11) is 1.67. The predicted molar refractivity (Wildman–Crippen MR) is 112 cm³/mol. The number of amides is 1. The van der Waals surface area contributed by atoms with Crippen LogP contribution in [0.15, 0.2) is 49.1 Å². The first-order chi connectivity index (χ1) is 14.9. The van der Waals surface area contributed by atoms with E-state index in [1.54, 1.807) is 48.9 Å². The molecule has 0 bridgehead atoms. The predicted octanol–water partition coefficient (Wildman–Crippen LogP) is 2.53. The van der Waals surface area contributed by atoms with Gasteiger partial charge in [-0.2, -0.15) is 0 Å². The van der Waals surface area contributed by atoms with Crippen LogP contribution in [0.2, 0.25) is 0 Å². The Balaban J connectivity index is 1.54. The van der Waals surface area contributed by atoms with Gasteiger partial charge in [-0.25, -0.2) is 0 Å². The van der Waals surface area contributed by atoms with E-state index in [9.17, 15) is 19.2 Å². The number of ketones is 3. The van der Waals surface area contributed by atoms with Crippen LogP contribution in [0.25, 0.3) is 0 Å². The molecule has 2 aromatic rings. The lowest BCUT2D eigenvalue weighted by Crippen LogP contribution is -2.29. The number of pyridine rings is 2. The fraction of sp³-hybridized carbons (Fsp3) is 0.417. The van der Waals surface area contributed by atoms with E-state index in [2.05, 4.69) is 9.97 Å². The standard InChI is InChI=1S/C24H25N3O4/c1-14-19(28)9-17(23(14)15-5-3-7-25-12-15)20(29)11-21(30)18-10-22(31)27(2)24(18)16-6-4-8-26-13-16/h3-8,12-14,17-18,23-24H,9-11H2,1-2H3/t14-,17?,18?,23?,24?/m1/s1. The van der Waals surface area contributed by atoms with Crippen molar-refractivity contribution in [3.63, 3.8) is 0 Å². The zero-order valence-electron chi connectivity index (χ0n) is 17.6. The maximum atomic E-state index is 13.2. The summed E-state index contributed by atoms with van der Waals surface area (Å²) in [6, 6.07) is 6.83. The van der Waals surface area contributed by atoms with Gasteiger partial charge in [-0.1, -0.05) is 19.1 Å². The lowest BCUT2D eigenvalue weighted by Gasteiger charge is -2.25. The Kier molecular flexibility index (Phi) is 5.76. The van der Waals surface area contributed by atoms with Crippen LogP contribution in [0, 0.1) is 17.8 Å². The van der Waals surface area contributed by atoms with Gasteiger partial charge in [0, 0.05) is 62.4 Å². The van der Waals surface area contributed by atoms with Crippen molar-refractivity contribution in [2.75, 3.05) is 7.05 Å². The van der Waals surface area contributed by atoms with E-state index in [-0.39, 0.29) is 54.4 Å². The summed E-state index contributed by atoms with van der Waals surface area (Å²) in [6.45, 7) is 1.83. The summed E-state index contributed by atoms with van der Waals surface area (Å²) in [5.74, 6) is -2.29. The number of nitrogens with zero attached hydrogens (tertiary/aromatic N) is 3. The van der Waals surface area contributed by atoms with E-state index in [1.807, 2.05) is 19.1 Å². The first-order valence-corrected chi connectivity index (χ1v) is 10.5. The van der Waals surface area contributed by atoms with Crippen molar-refractivity contribution >= 4 is 23.3 Å². The Morgan fingerprint density at radius 1 is 0.968 bits per heavy atom. The molecule has 1 aliphatic carbocycles. The minimum Gasteiger partial charge on any atom is -0.338 e. The number of aromatic nitrogens is 2. The van der Waals surface area contributed by atoms with Crippen LogP contribution in [0.5, 0.6) is 0 Å². The molecule has 2 aromatic heterocycles. The van der Waals surface area contributed by atoms with Crippen molar-refractivity contribution < 1.29 is 19.2 Å². The molecule has 2 fully saturated rings. The highest BCUT2D eigenvalue weighted by Gasteiger charge is 2.47. The van der Waals surface area contributed by atoms with Crippen LogP contribution < -0.4 is 0 Å². The summed E-state index contributed by atoms with van der Waals surface area (Å²) in [5.41, 5.74) is 1.62. The highest BCUT2D eigenvalue weighted by atomic mass is 16.2. The van der Waals surface area contributed by atoms with E-state index in [4.69, 9.17) is 0 Å². The highest BCUT2D eigenvalue weighted by Crippen LogP contribution is 2.43. The van der Waals surface area contributed by atoms with Gasteiger partial charge in [0.2, 0.25) is 5.91 Å². The third-order valence-electron chi connectivity index (χ3n) is 6.76. The van der Waals surface area contributed by atoms with Crippen molar-refractivity contribution in [3.05, 3.63) is 60.2 Å². The third kappa shape index (κ3) is 3.92. The Labute approximate surface area is 180 Å². The molecule has 7 heteroatoms. The third-order valence-corrected chi connectivity index (χ3v) is 6.76. The van der Waals surface area contributed by atoms with Gasteiger partial charge < -0.3 is 4.90 Å². The molecular weight excluding hydrogens is 394 g/mol. The molecule has 0 N–H and O–H groups in total. The summed E-state index contributed by atoms with van der Waals surface area (Å²) < 4.78 is 0. The molecule has 7 nitrogen and oxygen atoms in total. The average Bonchev–Trinajstić information content (AvgIpc) is 3.25. The van der Waals surface area contributed by atoms with Crippen molar-refractivity contribution in [1.82, 2.24) is 14.9 Å². The van der Waals surface area contributed by atoms with Crippen LogP contribution in [0.4, 0.5) is 0 Å². The van der Waals surface area contributed by atoms with E-state index in [0.717, 1.165) is 11.1 Å².